The van der Waals surface area contributed by atoms with E-state index in [9.17, 15) is 25.4 Å². The highest BCUT2D eigenvalue weighted by Crippen LogP contribution is 2.41. The van der Waals surface area contributed by atoms with Gasteiger partial charge in [-0.1, -0.05) is 0 Å². The fourth-order valence-corrected chi connectivity index (χ4v) is 2.67. The normalized spacial score (nSPS) is 11.1. The summed E-state index contributed by atoms with van der Waals surface area (Å²) >= 11 is 0. The molecule has 3 aromatic rings. The Kier molecular flexibility index (Phi) is 3.21. The Bertz CT molecular complexity index is 1020. The van der Waals surface area contributed by atoms with Crippen molar-refractivity contribution in [3.8, 4) is 11.1 Å². The fourth-order valence-electron chi connectivity index (χ4n) is 2.67. The predicted molar refractivity (Wildman–Crippen MR) is 80.2 cm³/mol. The van der Waals surface area contributed by atoms with Crippen molar-refractivity contribution in [2.75, 3.05) is 0 Å². The van der Waals surface area contributed by atoms with Gasteiger partial charge in [-0.25, -0.2) is 0 Å². The maximum Gasteiger partial charge on any atom is 0.333 e. The van der Waals surface area contributed by atoms with Gasteiger partial charge in [-0.2, -0.15) is 0 Å². The molecule has 3 rings (SSSR count). The number of nitro groups is 2. The number of non-ortho nitro benzene ring substituents is 1. The Morgan fingerprint density at radius 1 is 1.17 bits per heavy atom. The van der Waals surface area contributed by atoms with Gasteiger partial charge < -0.3 is 9.77 Å². The molecular formula is C13H11N5O6. The van der Waals surface area contributed by atoms with Gasteiger partial charge in [0.15, 0.2) is 0 Å². The first-order valence-electron chi connectivity index (χ1n) is 6.72. The van der Waals surface area contributed by atoms with E-state index in [1.807, 2.05) is 0 Å². The van der Waals surface area contributed by atoms with Gasteiger partial charge in [0, 0.05) is 24.0 Å². The van der Waals surface area contributed by atoms with Crippen LogP contribution in [-0.4, -0.2) is 19.6 Å². The predicted octanol–water partition coefficient (Wildman–Crippen LogP) is 1.90. The zero-order chi connectivity index (χ0) is 17.8. The second-order valence-corrected chi connectivity index (χ2v) is 5.28. The number of aromatic nitrogens is 3. The van der Waals surface area contributed by atoms with Crippen LogP contribution in [-0.2, 0) is 7.05 Å². The first-order valence-corrected chi connectivity index (χ1v) is 6.72. The van der Waals surface area contributed by atoms with Crippen LogP contribution in [0.4, 0.5) is 11.4 Å². The van der Waals surface area contributed by atoms with Crippen molar-refractivity contribution < 1.29 is 19.4 Å². The van der Waals surface area contributed by atoms with Gasteiger partial charge in [0.25, 0.3) is 5.69 Å². The summed E-state index contributed by atoms with van der Waals surface area (Å²) in [7, 11) is 1.77. The van der Waals surface area contributed by atoms with Crippen molar-refractivity contribution in [3.63, 3.8) is 0 Å². The maximum atomic E-state index is 12.0. The molecule has 0 saturated carbocycles. The number of nitro benzene ring substituents is 2. The van der Waals surface area contributed by atoms with Gasteiger partial charge in [0.05, 0.1) is 21.1 Å². The van der Waals surface area contributed by atoms with Crippen molar-refractivity contribution >= 4 is 22.4 Å². The number of aryl methyl sites for hydroxylation is 1. The molecule has 124 valence electrons. The summed E-state index contributed by atoms with van der Waals surface area (Å²) in [6, 6.07) is 2.46. The SMILES string of the molecule is Cc1cc(-c2c([N+](=O)[O-])cc([N+](=O)[O-])c3no[n+]([O-])c23)c(C)n1C. The molecule has 1 aromatic carbocycles. The summed E-state index contributed by atoms with van der Waals surface area (Å²) in [6.07, 6.45) is 0. The first-order chi connectivity index (χ1) is 11.2. The first kappa shape index (κ1) is 15.4. The van der Waals surface area contributed by atoms with Crippen LogP contribution in [0.5, 0.6) is 0 Å². The minimum absolute atomic E-state index is 0.0492. The zero-order valence-electron chi connectivity index (χ0n) is 12.8. The molecule has 0 aliphatic carbocycles. The summed E-state index contributed by atoms with van der Waals surface area (Å²) < 4.78 is 6.24. The highest BCUT2D eigenvalue weighted by molar-refractivity contribution is 6.00. The van der Waals surface area contributed by atoms with Gasteiger partial charge in [-0.15, -0.1) is 0 Å². The molecule has 0 N–H and O–H groups in total. The summed E-state index contributed by atoms with van der Waals surface area (Å²) in [5.41, 5.74) is -0.0856. The van der Waals surface area contributed by atoms with Crippen LogP contribution in [0.3, 0.4) is 0 Å². The topological polar surface area (TPSA) is 144 Å². The van der Waals surface area contributed by atoms with Crippen LogP contribution in [0.2, 0.25) is 0 Å². The van der Waals surface area contributed by atoms with Gasteiger partial charge in [-0.05, 0) is 24.8 Å². The van der Waals surface area contributed by atoms with Gasteiger partial charge >= 0.3 is 11.2 Å². The third-order valence-corrected chi connectivity index (χ3v) is 4.06. The highest BCUT2D eigenvalue weighted by atomic mass is 16.8. The molecule has 0 saturated heterocycles. The number of rotatable bonds is 3. The molecule has 2 aromatic heterocycles. The van der Waals surface area contributed by atoms with E-state index < -0.39 is 21.2 Å². The lowest BCUT2D eigenvalue weighted by Crippen LogP contribution is -2.23. The smallest absolute Gasteiger partial charge is 0.333 e. The monoisotopic (exact) mass is 333 g/mol. The molecule has 0 unspecified atom stereocenters. The van der Waals surface area contributed by atoms with E-state index >= 15 is 0 Å². The van der Waals surface area contributed by atoms with Crippen molar-refractivity contribution in [2.24, 2.45) is 7.05 Å². The van der Waals surface area contributed by atoms with Gasteiger partial charge in [-0.3, -0.25) is 24.9 Å². The third-order valence-electron chi connectivity index (χ3n) is 4.06. The Labute approximate surface area is 133 Å². The molecule has 0 atom stereocenters. The average molecular weight is 333 g/mol. The van der Waals surface area contributed by atoms with E-state index in [0.717, 1.165) is 11.8 Å². The van der Waals surface area contributed by atoms with Gasteiger partial charge in [0.1, 0.15) is 5.56 Å². The molecule has 0 aliphatic rings. The van der Waals surface area contributed by atoms with Crippen LogP contribution in [0, 0.1) is 39.3 Å². The second kappa shape index (κ2) is 5.01. The average Bonchev–Trinajstić information content (AvgIpc) is 3.01. The summed E-state index contributed by atoms with van der Waals surface area (Å²) in [4.78, 5) is 21.0. The van der Waals surface area contributed by atoms with Crippen molar-refractivity contribution in [3.05, 3.63) is 49.0 Å². The number of hydrogen-bond acceptors (Lipinski definition) is 7. The molecule has 0 radical (unpaired) electrons. The van der Waals surface area contributed by atoms with E-state index in [1.165, 1.54) is 0 Å². The minimum Gasteiger partial charge on any atom is -0.359 e. The lowest BCUT2D eigenvalue weighted by atomic mass is 10.0. The summed E-state index contributed by atoms with van der Waals surface area (Å²) in [5, 5.41) is 38.0. The Hall–Kier alpha value is -3.50. The molecule has 0 spiro atoms. The van der Waals surface area contributed by atoms with E-state index in [1.54, 1.807) is 31.5 Å². The second-order valence-electron chi connectivity index (χ2n) is 5.28. The third kappa shape index (κ3) is 1.98. The summed E-state index contributed by atoms with van der Waals surface area (Å²) in [5.74, 6) is 0. The molecule has 2 heterocycles. The molecule has 0 amide bonds. The Balaban J connectivity index is 2.55. The minimum atomic E-state index is -0.843. The zero-order valence-corrected chi connectivity index (χ0v) is 12.8. The van der Waals surface area contributed by atoms with Crippen molar-refractivity contribution in [2.45, 2.75) is 13.8 Å². The molecule has 11 heteroatoms. The number of benzene rings is 1. The lowest BCUT2D eigenvalue weighted by Gasteiger charge is -2.04. The molecule has 11 nitrogen and oxygen atoms in total. The quantitative estimate of drug-likeness (QED) is 0.404. The van der Waals surface area contributed by atoms with E-state index in [4.69, 9.17) is 0 Å². The van der Waals surface area contributed by atoms with Crippen molar-refractivity contribution in [1.29, 1.82) is 0 Å². The van der Waals surface area contributed by atoms with Crippen LogP contribution < -0.4 is 4.90 Å². The van der Waals surface area contributed by atoms with Gasteiger partial charge in [0.2, 0.25) is 5.52 Å². The van der Waals surface area contributed by atoms with E-state index in [0.29, 0.717) is 11.3 Å². The van der Waals surface area contributed by atoms with Crippen LogP contribution in [0.25, 0.3) is 22.2 Å². The number of nitrogens with zero attached hydrogens (tertiary/aromatic N) is 5. The van der Waals surface area contributed by atoms with Crippen LogP contribution in [0.15, 0.2) is 16.8 Å². The van der Waals surface area contributed by atoms with E-state index in [-0.39, 0.29) is 21.5 Å². The van der Waals surface area contributed by atoms with Crippen LogP contribution >= 0.6 is 0 Å². The molecule has 0 aliphatic heterocycles. The van der Waals surface area contributed by atoms with Crippen LogP contribution in [0.1, 0.15) is 11.4 Å². The molecule has 24 heavy (non-hydrogen) atoms. The fraction of sp³-hybridized carbons (Fsp3) is 0.231. The number of fused-ring (bicyclic) bond motifs is 1. The Morgan fingerprint density at radius 2 is 1.79 bits per heavy atom. The highest BCUT2D eigenvalue weighted by Gasteiger charge is 2.35. The molecule has 0 fully saturated rings. The van der Waals surface area contributed by atoms with E-state index in [2.05, 4.69) is 9.79 Å². The molecular weight excluding hydrogens is 322 g/mol. The largest absolute Gasteiger partial charge is 0.359 e. The lowest BCUT2D eigenvalue weighted by molar-refractivity contribution is -0.782. The van der Waals surface area contributed by atoms with Crippen molar-refractivity contribution in [1.82, 2.24) is 9.72 Å². The molecule has 0 bridgehead atoms. The standard InChI is InChI=1S/C13H11N5O6/c1-6-4-8(7(2)15(6)3)11-9(16(19)20)5-10(17(21)22)12-13(11)18(23)24-14-12/h4-5H,1-3H3. The number of hydrogen-bond donors (Lipinski definition) is 0. The summed E-state index contributed by atoms with van der Waals surface area (Å²) in [6.45, 7) is 3.52. The maximum absolute atomic E-state index is 12.0. The Morgan fingerprint density at radius 3 is 2.29 bits per heavy atom.